The molecule has 1 N–H and O–H groups in total. The van der Waals surface area contributed by atoms with Crippen LogP contribution < -0.4 is 4.72 Å². The molecule has 0 saturated carbocycles. The number of anilines is 1. The van der Waals surface area contributed by atoms with Gasteiger partial charge in [0.05, 0.1) is 4.90 Å². The molecule has 0 bridgehead atoms. The Morgan fingerprint density at radius 2 is 1.65 bits per heavy atom. The summed E-state index contributed by atoms with van der Waals surface area (Å²) < 4.78 is 28.8. The van der Waals surface area contributed by atoms with Gasteiger partial charge in [-0.15, -0.1) is 11.3 Å². The molecule has 23 heavy (non-hydrogen) atoms. The standard InChI is InChI=1S/C18H19NO2S2/c1-18(2,3)14-4-7-16(8-5-14)23(20,21)19-15-6-9-17-13(12-15)10-11-22-17/h4-12,19H,1-3H3. The maximum atomic E-state index is 12.5. The molecule has 0 aliphatic heterocycles. The third-order valence-corrected chi connectivity index (χ3v) is 6.03. The summed E-state index contributed by atoms with van der Waals surface area (Å²) in [7, 11) is -3.57. The van der Waals surface area contributed by atoms with Crippen LogP contribution in [0.5, 0.6) is 0 Å². The van der Waals surface area contributed by atoms with Crippen LogP contribution in [0, 0.1) is 0 Å². The molecule has 0 saturated heterocycles. The van der Waals surface area contributed by atoms with E-state index >= 15 is 0 Å². The molecule has 0 amide bonds. The van der Waals surface area contributed by atoms with E-state index in [0.717, 1.165) is 15.6 Å². The van der Waals surface area contributed by atoms with Crippen LogP contribution in [0.3, 0.4) is 0 Å². The molecule has 1 aromatic heterocycles. The molecule has 3 nitrogen and oxygen atoms in total. The maximum Gasteiger partial charge on any atom is 0.261 e. The molecule has 2 aromatic carbocycles. The molecule has 0 atom stereocenters. The lowest BCUT2D eigenvalue weighted by molar-refractivity contribution is 0.587. The van der Waals surface area contributed by atoms with Crippen molar-refractivity contribution < 1.29 is 8.42 Å². The molecule has 0 unspecified atom stereocenters. The van der Waals surface area contributed by atoms with Crippen LogP contribution in [0.15, 0.2) is 58.8 Å². The van der Waals surface area contributed by atoms with E-state index in [0.29, 0.717) is 5.69 Å². The van der Waals surface area contributed by atoms with Crippen LogP contribution in [0.1, 0.15) is 26.3 Å². The molecule has 0 aliphatic carbocycles. The van der Waals surface area contributed by atoms with Gasteiger partial charge in [-0.2, -0.15) is 0 Å². The van der Waals surface area contributed by atoms with Gasteiger partial charge in [-0.05, 0) is 58.1 Å². The highest BCUT2D eigenvalue weighted by atomic mass is 32.2. The summed E-state index contributed by atoms with van der Waals surface area (Å²) in [6.07, 6.45) is 0. The Bertz CT molecular complexity index is 933. The van der Waals surface area contributed by atoms with E-state index in [1.54, 1.807) is 29.5 Å². The zero-order valence-corrected chi connectivity index (χ0v) is 15.0. The van der Waals surface area contributed by atoms with Gasteiger partial charge in [-0.3, -0.25) is 4.72 Å². The van der Waals surface area contributed by atoms with Crippen LogP contribution in [0.2, 0.25) is 0 Å². The molecule has 120 valence electrons. The second-order valence-corrected chi connectivity index (χ2v) is 9.18. The first-order valence-electron chi connectivity index (χ1n) is 7.36. The van der Waals surface area contributed by atoms with Crippen LogP contribution in [-0.2, 0) is 15.4 Å². The lowest BCUT2D eigenvalue weighted by Crippen LogP contribution is -2.14. The van der Waals surface area contributed by atoms with Gasteiger partial charge in [0.25, 0.3) is 10.0 Å². The van der Waals surface area contributed by atoms with Gasteiger partial charge in [0.2, 0.25) is 0 Å². The third kappa shape index (κ3) is 3.41. The topological polar surface area (TPSA) is 46.2 Å². The summed E-state index contributed by atoms with van der Waals surface area (Å²) in [5.41, 5.74) is 1.69. The highest BCUT2D eigenvalue weighted by Gasteiger charge is 2.17. The van der Waals surface area contributed by atoms with Gasteiger partial charge in [0.15, 0.2) is 0 Å². The Kier molecular flexibility index (Phi) is 3.94. The van der Waals surface area contributed by atoms with E-state index in [9.17, 15) is 8.42 Å². The summed E-state index contributed by atoms with van der Waals surface area (Å²) in [6, 6.07) is 14.6. The van der Waals surface area contributed by atoms with Gasteiger partial charge in [-0.1, -0.05) is 32.9 Å². The smallest absolute Gasteiger partial charge is 0.261 e. The summed E-state index contributed by atoms with van der Waals surface area (Å²) in [4.78, 5) is 0.274. The van der Waals surface area contributed by atoms with Crippen LogP contribution >= 0.6 is 11.3 Å². The molecule has 3 rings (SSSR count). The minimum Gasteiger partial charge on any atom is -0.280 e. The van der Waals surface area contributed by atoms with Crippen LogP contribution in [0.25, 0.3) is 10.1 Å². The number of rotatable bonds is 3. The number of benzene rings is 2. The molecular formula is C18H19NO2S2. The zero-order valence-electron chi connectivity index (χ0n) is 13.3. The maximum absolute atomic E-state index is 12.5. The first-order valence-corrected chi connectivity index (χ1v) is 9.73. The fourth-order valence-corrected chi connectivity index (χ4v) is 4.20. The van der Waals surface area contributed by atoms with Crippen molar-refractivity contribution in [1.29, 1.82) is 0 Å². The van der Waals surface area contributed by atoms with Crippen molar-refractivity contribution in [2.24, 2.45) is 0 Å². The SMILES string of the molecule is CC(C)(C)c1ccc(S(=O)(=O)Nc2ccc3sccc3c2)cc1. The number of thiophene rings is 1. The zero-order chi connectivity index (χ0) is 16.7. The van der Waals surface area contributed by atoms with Crippen molar-refractivity contribution in [2.45, 2.75) is 31.1 Å². The van der Waals surface area contributed by atoms with Gasteiger partial charge in [0, 0.05) is 10.4 Å². The van der Waals surface area contributed by atoms with Crippen molar-refractivity contribution in [3.63, 3.8) is 0 Å². The van der Waals surface area contributed by atoms with E-state index in [1.165, 1.54) is 0 Å². The first-order chi connectivity index (χ1) is 10.8. The molecular weight excluding hydrogens is 326 g/mol. The van der Waals surface area contributed by atoms with E-state index in [1.807, 2.05) is 35.7 Å². The molecule has 5 heteroatoms. The highest BCUT2D eigenvalue weighted by Crippen LogP contribution is 2.27. The Balaban J connectivity index is 1.88. The second kappa shape index (κ2) is 5.65. The Hall–Kier alpha value is -1.85. The normalized spacial score (nSPS) is 12.5. The van der Waals surface area contributed by atoms with Crippen molar-refractivity contribution in [3.8, 4) is 0 Å². The average molecular weight is 345 g/mol. The summed E-state index contributed by atoms with van der Waals surface area (Å²) in [6.45, 7) is 6.31. The minimum atomic E-state index is -3.57. The minimum absolute atomic E-state index is 0.000292. The van der Waals surface area contributed by atoms with Crippen molar-refractivity contribution in [3.05, 3.63) is 59.5 Å². The lowest BCUT2D eigenvalue weighted by atomic mass is 9.87. The first kappa shape index (κ1) is 16.0. The predicted molar refractivity (Wildman–Crippen MR) is 97.8 cm³/mol. The fraction of sp³-hybridized carbons (Fsp3) is 0.222. The van der Waals surface area contributed by atoms with E-state index in [2.05, 4.69) is 25.5 Å². The number of hydrogen-bond acceptors (Lipinski definition) is 3. The number of sulfonamides is 1. The average Bonchev–Trinajstić information content (AvgIpc) is 2.93. The van der Waals surface area contributed by atoms with Gasteiger partial charge in [0.1, 0.15) is 0 Å². The summed E-state index contributed by atoms with van der Waals surface area (Å²) >= 11 is 1.64. The van der Waals surface area contributed by atoms with E-state index in [-0.39, 0.29) is 10.3 Å². The molecule has 0 radical (unpaired) electrons. The molecule has 3 aromatic rings. The van der Waals surface area contributed by atoms with Crippen LogP contribution in [0.4, 0.5) is 5.69 Å². The highest BCUT2D eigenvalue weighted by molar-refractivity contribution is 7.92. The van der Waals surface area contributed by atoms with Gasteiger partial charge >= 0.3 is 0 Å². The Morgan fingerprint density at radius 1 is 0.957 bits per heavy atom. The lowest BCUT2D eigenvalue weighted by Gasteiger charge is -2.19. The summed E-state index contributed by atoms with van der Waals surface area (Å²) in [5.74, 6) is 0. The Morgan fingerprint density at radius 3 is 2.30 bits per heavy atom. The summed E-state index contributed by atoms with van der Waals surface area (Å²) in [5, 5.41) is 3.03. The fourth-order valence-electron chi connectivity index (χ4n) is 2.38. The van der Waals surface area contributed by atoms with Crippen molar-refractivity contribution >= 4 is 37.1 Å². The number of nitrogens with one attached hydrogen (secondary N) is 1. The molecule has 0 fully saturated rings. The predicted octanol–water partition coefficient (Wildman–Crippen LogP) is 5.00. The molecule has 0 spiro atoms. The molecule has 1 heterocycles. The van der Waals surface area contributed by atoms with Gasteiger partial charge in [-0.25, -0.2) is 8.42 Å². The van der Waals surface area contributed by atoms with Gasteiger partial charge < -0.3 is 0 Å². The molecule has 0 aliphatic rings. The van der Waals surface area contributed by atoms with E-state index < -0.39 is 10.0 Å². The number of fused-ring (bicyclic) bond motifs is 1. The second-order valence-electron chi connectivity index (χ2n) is 6.55. The largest absolute Gasteiger partial charge is 0.280 e. The number of hydrogen-bond donors (Lipinski definition) is 1. The van der Waals surface area contributed by atoms with E-state index in [4.69, 9.17) is 0 Å². The van der Waals surface area contributed by atoms with Crippen molar-refractivity contribution in [1.82, 2.24) is 0 Å². The Labute approximate surface area is 141 Å². The van der Waals surface area contributed by atoms with Crippen molar-refractivity contribution in [2.75, 3.05) is 4.72 Å². The van der Waals surface area contributed by atoms with Crippen LogP contribution in [-0.4, -0.2) is 8.42 Å². The quantitative estimate of drug-likeness (QED) is 0.726. The third-order valence-electron chi connectivity index (χ3n) is 3.74. The monoisotopic (exact) mass is 345 g/mol.